The van der Waals surface area contributed by atoms with Gasteiger partial charge in [-0.2, -0.15) is 0 Å². The maximum Gasteiger partial charge on any atom is 0.511 e. The molecule has 0 amide bonds. The van der Waals surface area contributed by atoms with Gasteiger partial charge < -0.3 is 34.8 Å². The molecule has 2 aliphatic carbocycles. The van der Waals surface area contributed by atoms with Crippen molar-refractivity contribution < 1.29 is 43.9 Å². The Bertz CT molecular complexity index is 914. The molecule has 1 heterocycles. The Morgan fingerprint density at radius 2 is 1.94 bits per heavy atom. The molecule has 0 spiro atoms. The Balaban J connectivity index is 0.000000327. The van der Waals surface area contributed by atoms with E-state index in [1.807, 2.05) is 6.07 Å². The summed E-state index contributed by atoms with van der Waals surface area (Å²) in [7, 11) is 0. The van der Waals surface area contributed by atoms with Crippen LogP contribution in [0.25, 0.3) is 0 Å². The topological polar surface area (TPSA) is 152 Å². The number of rotatable bonds is 7. The fourth-order valence-electron chi connectivity index (χ4n) is 5.62. The third-order valence-electron chi connectivity index (χ3n) is 7.01. The van der Waals surface area contributed by atoms with Crippen molar-refractivity contribution in [2.24, 2.45) is 5.92 Å². The molecule has 35 heavy (non-hydrogen) atoms. The van der Waals surface area contributed by atoms with Crippen LogP contribution >= 0.6 is 0 Å². The highest BCUT2D eigenvalue weighted by atomic mass is 16.8. The Morgan fingerprint density at radius 1 is 1.17 bits per heavy atom. The number of benzene rings is 1. The Hall–Kier alpha value is -2.85. The van der Waals surface area contributed by atoms with Crippen LogP contribution in [0.1, 0.15) is 63.5 Å². The average molecular weight is 494 g/mol. The smallest absolute Gasteiger partial charge is 0.481 e. The molecule has 2 bridgehead atoms. The third-order valence-corrected chi connectivity index (χ3v) is 7.01. The summed E-state index contributed by atoms with van der Waals surface area (Å²) in [5, 5.41) is 27.9. The first-order chi connectivity index (χ1) is 16.6. The zero-order chi connectivity index (χ0) is 25.6. The molecule has 4 atom stereocenters. The van der Waals surface area contributed by atoms with Gasteiger partial charge in [-0.25, -0.2) is 9.59 Å². The predicted octanol–water partition coefficient (Wildman–Crippen LogP) is 2.84. The van der Waals surface area contributed by atoms with E-state index < -0.39 is 30.6 Å². The highest BCUT2D eigenvalue weighted by Crippen LogP contribution is 2.54. The number of fused-ring (bicyclic) bond motifs is 1. The van der Waals surface area contributed by atoms with Crippen LogP contribution in [0.4, 0.5) is 4.79 Å². The first kappa shape index (κ1) is 26.7. The molecule has 0 radical (unpaired) electrons. The normalized spacial score (nSPS) is 25.1. The minimum Gasteiger partial charge on any atom is -0.481 e. The molecule has 1 aromatic carbocycles. The molecule has 3 aliphatic rings. The van der Waals surface area contributed by atoms with E-state index in [4.69, 9.17) is 29.5 Å². The summed E-state index contributed by atoms with van der Waals surface area (Å²) in [5.41, 5.74) is 3.23. The standard InChI is InChI=1S/C21H29NO4.C4H6O5/c1-14(2)26-20(23)25-13-24-16-7-6-15-11-19-17-5-3-4-8-21(17,9-10-22-19)18(15)12-16;5-2(4(8)9)1-3(6)7/h6-7,12,14,17,19,22H,3-5,8-11,13H2,1-2H3;2,5H,1H2,(H,6,7)(H,8,9)/t17-,19+,21-;2-/m10/s1. The highest BCUT2D eigenvalue weighted by molar-refractivity contribution is 5.79. The van der Waals surface area contributed by atoms with Crippen LogP contribution in [-0.4, -0.2) is 65.0 Å². The van der Waals surface area contributed by atoms with Gasteiger partial charge in [-0.1, -0.05) is 18.9 Å². The number of carboxylic acids is 2. The minimum absolute atomic E-state index is 0.120. The van der Waals surface area contributed by atoms with Gasteiger partial charge in [0.1, 0.15) is 5.75 Å². The number of carbonyl (C=O) groups is 3. The molecule has 1 aliphatic heterocycles. The van der Waals surface area contributed by atoms with Crippen molar-refractivity contribution in [3.05, 3.63) is 29.3 Å². The first-order valence-corrected chi connectivity index (χ1v) is 12.1. The quantitative estimate of drug-likeness (QED) is 0.330. The average Bonchev–Trinajstić information content (AvgIpc) is 2.79. The van der Waals surface area contributed by atoms with Crippen molar-refractivity contribution >= 4 is 18.1 Å². The second kappa shape index (κ2) is 11.7. The number of ether oxygens (including phenoxy) is 3. The van der Waals surface area contributed by atoms with Gasteiger partial charge in [0, 0.05) is 11.5 Å². The van der Waals surface area contributed by atoms with Crippen LogP contribution in [0, 0.1) is 5.92 Å². The monoisotopic (exact) mass is 493 g/mol. The molecule has 0 aromatic heterocycles. The summed E-state index contributed by atoms with van der Waals surface area (Å²) in [5.74, 6) is -1.33. The maximum atomic E-state index is 11.5. The number of carbonyl (C=O) groups excluding carboxylic acids is 1. The van der Waals surface area contributed by atoms with E-state index in [1.54, 1.807) is 13.8 Å². The second-order valence-corrected chi connectivity index (χ2v) is 9.62. The Labute approximate surface area is 204 Å². The molecule has 0 unspecified atom stereocenters. The molecule has 10 nitrogen and oxygen atoms in total. The zero-order valence-corrected chi connectivity index (χ0v) is 20.2. The van der Waals surface area contributed by atoms with Crippen molar-refractivity contribution in [3.8, 4) is 5.75 Å². The molecular weight excluding hydrogens is 458 g/mol. The van der Waals surface area contributed by atoms with Crippen molar-refractivity contribution in [3.63, 3.8) is 0 Å². The van der Waals surface area contributed by atoms with Crippen LogP contribution < -0.4 is 10.1 Å². The number of hydrogen-bond acceptors (Lipinski definition) is 8. The van der Waals surface area contributed by atoms with Gasteiger partial charge in [0.2, 0.25) is 6.79 Å². The molecule has 10 heteroatoms. The lowest BCUT2D eigenvalue weighted by molar-refractivity contribution is -0.152. The molecule has 194 valence electrons. The third kappa shape index (κ3) is 6.64. The van der Waals surface area contributed by atoms with E-state index in [-0.39, 0.29) is 12.9 Å². The largest absolute Gasteiger partial charge is 0.511 e. The number of piperidine rings is 1. The summed E-state index contributed by atoms with van der Waals surface area (Å²) >= 11 is 0. The molecule has 2 fully saturated rings. The fraction of sp³-hybridized carbons (Fsp3) is 0.640. The molecule has 1 aromatic rings. The van der Waals surface area contributed by atoms with Gasteiger partial charge in [0.15, 0.2) is 6.10 Å². The number of nitrogens with one attached hydrogen (secondary N) is 1. The van der Waals surface area contributed by atoms with Gasteiger partial charge in [0.05, 0.1) is 12.5 Å². The lowest BCUT2D eigenvalue weighted by Crippen LogP contribution is -2.59. The van der Waals surface area contributed by atoms with E-state index in [2.05, 4.69) is 17.4 Å². The van der Waals surface area contributed by atoms with Gasteiger partial charge in [-0.15, -0.1) is 0 Å². The van der Waals surface area contributed by atoms with Crippen LogP contribution in [-0.2, 0) is 30.9 Å². The predicted molar refractivity (Wildman–Crippen MR) is 124 cm³/mol. The molecule has 4 N–H and O–H groups in total. The van der Waals surface area contributed by atoms with E-state index in [0.717, 1.165) is 24.6 Å². The summed E-state index contributed by atoms with van der Waals surface area (Å²) < 4.78 is 15.6. The minimum atomic E-state index is -1.79. The summed E-state index contributed by atoms with van der Waals surface area (Å²) in [6, 6.07) is 7.01. The van der Waals surface area contributed by atoms with Gasteiger partial charge in [0.25, 0.3) is 0 Å². The van der Waals surface area contributed by atoms with Gasteiger partial charge in [-0.05, 0) is 75.3 Å². The van der Waals surface area contributed by atoms with Crippen LogP contribution in [0.2, 0.25) is 0 Å². The molecular formula is C25H35NO9. The van der Waals surface area contributed by atoms with Gasteiger partial charge in [-0.3, -0.25) is 4.79 Å². The van der Waals surface area contributed by atoms with Crippen LogP contribution in [0.3, 0.4) is 0 Å². The van der Waals surface area contributed by atoms with Crippen molar-refractivity contribution in [2.45, 2.75) is 82.5 Å². The van der Waals surface area contributed by atoms with E-state index in [0.29, 0.717) is 11.5 Å². The van der Waals surface area contributed by atoms with E-state index in [1.165, 1.54) is 43.2 Å². The van der Waals surface area contributed by atoms with Crippen LogP contribution in [0.15, 0.2) is 18.2 Å². The molecule has 4 rings (SSSR count). The van der Waals surface area contributed by atoms with E-state index >= 15 is 0 Å². The number of aliphatic carboxylic acids is 2. The van der Waals surface area contributed by atoms with E-state index in [9.17, 15) is 14.4 Å². The number of hydrogen-bond donors (Lipinski definition) is 4. The maximum absolute atomic E-state index is 11.5. The molecule has 1 saturated carbocycles. The lowest BCUT2D eigenvalue weighted by atomic mass is 9.53. The molecule has 1 saturated heterocycles. The fourth-order valence-corrected chi connectivity index (χ4v) is 5.62. The SMILES string of the molecule is CC(C)OC(=O)OCOc1ccc2c(c1)[C@@]13CCCC[C@@H]1[C@H](C2)NCC3.O=C(O)C[C@H](O)C(=O)O. The number of aliphatic hydroxyl groups excluding tert-OH is 1. The summed E-state index contributed by atoms with van der Waals surface area (Å²) in [6.07, 6.45) is 4.17. The Kier molecular flexibility index (Phi) is 8.96. The van der Waals surface area contributed by atoms with Crippen molar-refractivity contribution in [1.29, 1.82) is 0 Å². The zero-order valence-electron chi connectivity index (χ0n) is 20.2. The first-order valence-electron chi connectivity index (χ1n) is 12.1. The number of carboxylic acid groups (broad SMARTS) is 2. The summed E-state index contributed by atoms with van der Waals surface area (Å²) in [6.45, 7) is 4.57. The Morgan fingerprint density at radius 3 is 2.60 bits per heavy atom. The van der Waals surface area contributed by atoms with Gasteiger partial charge >= 0.3 is 18.1 Å². The van der Waals surface area contributed by atoms with Crippen molar-refractivity contribution in [2.75, 3.05) is 13.3 Å². The number of aliphatic hydroxyl groups is 1. The second-order valence-electron chi connectivity index (χ2n) is 9.62. The summed E-state index contributed by atoms with van der Waals surface area (Å²) in [4.78, 5) is 30.9. The van der Waals surface area contributed by atoms with Crippen LogP contribution in [0.5, 0.6) is 5.75 Å². The lowest BCUT2D eigenvalue weighted by Gasteiger charge is -2.56. The van der Waals surface area contributed by atoms with Crippen molar-refractivity contribution in [1.82, 2.24) is 5.32 Å². The highest BCUT2D eigenvalue weighted by Gasteiger charge is 2.51.